The number of rotatable bonds is 6. The molecule has 0 bridgehead atoms. The zero-order valence-electron chi connectivity index (χ0n) is 11.9. The molecule has 0 saturated carbocycles. The zero-order chi connectivity index (χ0) is 15.1. The van der Waals surface area contributed by atoms with E-state index in [1.165, 1.54) is 0 Å². The van der Waals surface area contributed by atoms with E-state index in [1.807, 2.05) is 42.5 Å². The largest absolute Gasteiger partial charge is 0.493 e. The summed E-state index contributed by atoms with van der Waals surface area (Å²) in [6, 6.07) is 15.0. The predicted octanol–water partition coefficient (Wildman–Crippen LogP) is 4.72. The van der Waals surface area contributed by atoms with Crippen molar-refractivity contribution in [2.75, 3.05) is 11.9 Å². The molecule has 0 heterocycles. The molecule has 2 aromatic carbocycles. The molecule has 0 aliphatic carbocycles. The predicted molar refractivity (Wildman–Crippen MR) is 94.0 cm³/mol. The summed E-state index contributed by atoms with van der Waals surface area (Å²) in [5.41, 5.74) is 1.35. The molecule has 0 fully saturated rings. The SMILES string of the molecule is CCCCOc1ccccc1C(=O)Nc1cccc(I)c1. The van der Waals surface area contributed by atoms with Crippen molar-refractivity contribution in [1.82, 2.24) is 0 Å². The first-order chi connectivity index (χ1) is 10.2. The van der Waals surface area contributed by atoms with E-state index in [4.69, 9.17) is 4.74 Å². The fourth-order valence-electron chi connectivity index (χ4n) is 1.87. The lowest BCUT2D eigenvalue weighted by Gasteiger charge is -2.11. The number of benzene rings is 2. The summed E-state index contributed by atoms with van der Waals surface area (Å²) in [5.74, 6) is 0.484. The van der Waals surface area contributed by atoms with Gasteiger partial charge in [-0.2, -0.15) is 0 Å². The molecular weight excluding hydrogens is 377 g/mol. The van der Waals surface area contributed by atoms with E-state index in [2.05, 4.69) is 34.8 Å². The van der Waals surface area contributed by atoms with Crippen LogP contribution in [0.1, 0.15) is 30.1 Å². The molecule has 110 valence electrons. The first kappa shape index (κ1) is 15.8. The number of halogens is 1. The summed E-state index contributed by atoms with van der Waals surface area (Å²) in [4.78, 5) is 12.4. The number of hydrogen-bond acceptors (Lipinski definition) is 2. The first-order valence-electron chi connectivity index (χ1n) is 6.99. The van der Waals surface area contributed by atoms with Crippen LogP contribution in [-0.2, 0) is 0 Å². The van der Waals surface area contributed by atoms with Crippen LogP contribution in [0.15, 0.2) is 48.5 Å². The van der Waals surface area contributed by atoms with Gasteiger partial charge in [0.05, 0.1) is 12.2 Å². The fourth-order valence-corrected chi connectivity index (χ4v) is 2.41. The Bertz CT molecular complexity index is 613. The van der Waals surface area contributed by atoms with Crippen molar-refractivity contribution in [2.45, 2.75) is 19.8 Å². The van der Waals surface area contributed by atoms with Gasteiger partial charge < -0.3 is 10.1 Å². The average molecular weight is 395 g/mol. The fraction of sp³-hybridized carbons (Fsp3) is 0.235. The van der Waals surface area contributed by atoms with Gasteiger partial charge in [-0.1, -0.05) is 31.5 Å². The van der Waals surface area contributed by atoms with Crippen molar-refractivity contribution in [3.05, 3.63) is 57.7 Å². The molecule has 0 saturated heterocycles. The molecule has 0 spiro atoms. The number of para-hydroxylation sites is 1. The van der Waals surface area contributed by atoms with E-state index in [0.29, 0.717) is 17.9 Å². The molecular formula is C17H18INO2. The van der Waals surface area contributed by atoms with Crippen molar-refractivity contribution in [1.29, 1.82) is 0 Å². The lowest BCUT2D eigenvalue weighted by molar-refractivity contribution is 0.102. The van der Waals surface area contributed by atoms with Gasteiger partial charge in [0.25, 0.3) is 5.91 Å². The molecule has 2 aromatic rings. The standard InChI is InChI=1S/C17H18INO2/c1-2-3-11-21-16-10-5-4-9-15(16)17(20)19-14-8-6-7-13(18)12-14/h4-10,12H,2-3,11H2,1H3,(H,19,20). The Morgan fingerprint density at radius 2 is 2.00 bits per heavy atom. The van der Waals surface area contributed by atoms with Crippen LogP contribution in [0, 0.1) is 3.57 Å². The van der Waals surface area contributed by atoms with Crippen molar-refractivity contribution in [3.63, 3.8) is 0 Å². The monoisotopic (exact) mass is 395 g/mol. The molecule has 0 radical (unpaired) electrons. The minimum Gasteiger partial charge on any atom is -0.493 e. The van der Waals surface area contributed by atoms with Gasteiger partial charge in [-0.3, -0.25) is 4.79 Å². The van der Waals surface area contributed by atoms with Crippen molar-refractivity contribution in [2.24, 2.45) is 0 Å². The van der Waals surface area contributed by atoms with Crippen LogP contribution >= 0.6 is 22.6 Å². The summed E-state index contributed by atoms with van der Waals surface area (Å²) >= 11 is 2.22. The Morgan fingerprint density at radius 1 is 1.19 bits per heavy atom. The topological polar surface area (TPSA) is 38.3 Å². The number of carbonyl (C=O) groups excluding carboxylic acids is 1. The number of amides is 1. The lowest BCUT2D eigenvalue weighted by atomic mass is 10.2. The molecule has 0 aliphatic rings. The summed E-state index contributed by atoms with van der Waals surface area (Å²) in [5, 5.41) is 2.91. The second kappa shape index (κ2) is 8.02. The van der Waals surface area contributed by atoms with Crippen LogP contribution in [0.5, 0.6) is 5.75 Å². The van der Waals surface area contributed by atoms with E-state index >= 15 is 0 Å². The third-order valence-electron chi connectivity index (χ3n) is 2.97. The van der Waals surface area contributed by atoms with Crippen molar-refractivity contribution in [3.8, 4) is 5.75 Å². The van der Waals surface area contributed by atoms with E-state index in [9.17, 15) is 4.79 Å². The molecule has 0 aliphatic heterocycles. The van der Waals surface area contributed by atoms with Gasteiger partial charge in [-0.25, -0.2) is 0 Å². The second-order valence-electron chi connectivity index (χ2n) is 4.66. The Kier molecular flexibility index (Phi) is 6.04. The Hall–Kier alpha value is -1.56. The molecule has 3 nitrogen and oxygen atoms in total. The van der Waals surface area contributed by atoms with Gasteiger partial charge in [0.1, 0.15) is 5.75 Å². The molecule has 0 unspecified atom stereocenters. The molecule has 2 rings (SSSR count). The minimum atomic E-state index is -0.149. The van der Waals surface area contributed by atoms with Gasteiger partial charge in [0.2, 0.25) is 0 Å². The second-order valence-corrected chi connectivity index (χ2v) is 5.91. The lowest BCUT2D eigenvalue weighted by Crippen LogP contribution is -2.14. The molecule has 1 amide bonds. The van der Waals surface area contributed by atoms with Gasteiger partial charge in [0, 0.05) is 9.26 Å². The van der Waals surface area contributed by atoms with E-state index in [0.717, 1.165) is 22.1 Å². The molecule has 4 heteroatoms. The van der Waals surface area contributed by atoms with Gasteiger partial charge in [0.15, 0.2) is 0 Å². The van der Waals surface area contributed by atoms with E-state index in [-0.39, 0.29) is 5.91 Å². The quantitative estimate of drug-likeness (QED) is 0.568. The highest BCUT2D eigenvalue weighted by Crippen LogP contribution is 2.20. The summed E-state index contributed by atoms with van der Waals surface area (Å²) in [7, 11) is 0. The third kappa shape index (κ3) is 4.74. The number of nitrogens with one attached hydrogen (secondary N) is 1. The van der Waals surface area contributed by atoms with Gasteiger partial charge >= 0.3 is 0 Å². The van der Waals surface area contributed by atoms with Crippen LogP contribution in [0.3, 0.4) is 0 Å². The number of ether oxygens (including phenoxy) is 1. The normalized spacial score (nSPS) is 10.2. The zero-order valence-corrected chi connectivity index (χ0v) is 14.1. The molecule has 0 atom stereocenters. The van der Waals surface area contributed by atoms with Crippen LogP contribution in [0.25, 0.3) is 0 Å². The average Bonchev–Trinajstić information content (AvgIpc) is 2.48. The smallest absolute Gasteiger partial charge is 0.259 e. The molecule has 21 heavy (non-hydrogen) atoms. The summed E-state index contributed by atoms with van der Waals surface area (Å²) < 4.78 is 6.78. The Balaban J connectivity index is 2.11. The van der Waals surface area contributed by atoms with Crippen LogP contribution in [-0.4, -0.2) is 12.5 Å². The maximum absolute atomic E-state index is 12.4. The highest BCUT2D eigenvalue weighted by atomic mass is 127. The highest BCUT2D eigenvalue weighted by Gasteiger charge is 2.12. The number of anilines is 1. The van der Waals surface area contributed by atoms with Crippen LogP contribution in [0.2, 0.25) is 0 Å². The maximum Gasteiger partial charge on any atom is 0.259 e. The first-order valence-corrected chi connectivity index (χ1v) is 8.07. The number of hydrogen-bond donors (Lipinski definition) is 1. The van der Waals surface area contributed by atoms with Crippen molar-refractivity contribution >= 4 is 34.2 Å². The van der Waals surface area contributed by atoms with Gasteiger partial charge in [-0.15, -0.1) is 0 Å². The number of carbonyl (C=O) groups is 1. The van der Waals surface area contributed by atoms with E-state index in [1.54, 1.807) is 6.07 Å². The maximum atomic E-state index is 12.4. The number of unbranched alkanes of at least 4 members (excludes halogenated alkanes) is 1. The summed E-state index contributed by atoms with van der Waals surface area (Å²) in [6.45, 7) is 2.74. The Morgan fingerprint density at radius 3 is 2.76 bits per heavy atom. The molecule has 0 aromatic heterocycles. The summed E-state index contributed by atoms with van der Waals surface area (Å²) in [6.07, 6.45) is 2.05. The van der Waals surface area contributed by atoms with Crippen molar-refractivity contribution < 1.29 is 9.53 Å². The third-order valence-corrected chi connectivity index (χ3v) is 3.64. The van der Waals surface area contributed by atoms with E-state index < -0.39 is 0 Å². The highest BCUT2D eigenvalue weighted by molar-refractivity contribution is 14.1. The van der Waals surface area contributed by atoms with Crippen LogP contribution < -0.4 is 10.1 Å². The Labute approximate surface area is 138 Å². The van der Waals surface area contributed by atoms with Crippen LogP contribution in [0.4, 0.5) is 5.69 Å². The molecule has 1 N–H and O–H groups in total. The van der Waals surface area contributed by atoms with Gasteiger partial charge in [-0.05, 0) is 59.3 Å². The minimum absolute atomic E-state index is 0.149.